The second kappa shape index (κ2) is 7.97. The van der Waals surface area contributed by atoms with Gasteiger partial charge in [0.05, 0.1) is 0 Å². The average Bonchev–Trinajstić information content (AvgIpc) is 2.54. The zero-order chi connectivity index (χ0) is 19.5. The van der Waals surface area contributed by atoms with Crippen molar-refractivity contribution in [1.29, 1.82) is 0 Å². The number of hydrogen-bond donors (Lipinski definition) is 1. The topological polar surface area (TPSA) is 85.6 Å². The molecule has 1 aromatic heterocycles. The first kappa shape index (κ1) is 20.1. The minimum atomic E-state index is -0.552. The Hall–Kier alpha value is -2.25. The molecule has 1 atom stereocenters. The van der Waals surface area contributed by atoms with Gasteiger partial charge < -0.3 is 15.0 Å². The van der Waals surface area contributed by atoms with Crippen LogP contribution in [0.1, 0.15) is 47.5 Å². The molecular formula is C18H30N4O4. The number of carbonyl (C=O) groups excluding carboxylic acids is 1. The SMILES string of the molecule is CCn1cc(N2CCCC(NC(=O)OC(C)(C)C)C2)c(=O)n(CC)c1=O. The van der Waals surface area contributed by atoms with E-state index in [0.29, 0.717) is 31.9 Å². The molecule has 0 aliphatic carbocycles. The maximum absolute atomic E-state index is 12.7. The molecule has 8 heteroatoms. The van der Waals surface area contributed by atoms with Crippen molar-refractivity contribution in [3.05, 3.63) is 27.0 Å². The first-order valence-corrected chi connectivity index (χ1v) is 9.25. The van der Waals surface area contributed by atoms with Gasteiger partial charge in [-0.25, -0.2) is 9.59 Å². The maximum Gasteiger partial charge on any atom is 0.407 e. The molecule has 1 N–H and O–H groups in total. The van der Waals surface area contributed by atoms with E-state index in [1.54, 1.807) is 17.7 Å². The highest BCUT2D eigenvalue weighted by atomic mass is 16.6. The van der Waals surface area contributed by atoms with Gasteiger partial charge in [-0.1, -0.05) is 0 Å². The number of ether oxygens (including phenoxy) is 1. The molecule has 1 aliphatic rings. The number of nitrogens with zero attached hydrogens (tertiary/aromatic N) is 3. The van der Waals surface area contributed by atoms with Crippen LogP contribution in [0.3, 0.4) is 0 Å². The number of piperidine rings is 1. The van der Waals surface area contributed by atoms with Gasteiger partial charge in [0.15, 0.2) is 0 Å². The zero-order valence-electron chi connectivity index (χ0n) is 16.4. The van der Waals surface area contributed by atoms with Crippen LogP contribution in [0.4, 0.5) is 10.5 Å². The molecule has 1 fully saturated rings. The lowest BCUT2D eigenvalue weighted by molar-refractivity contribution is 0.0500. The molecular weight excluding hydrogens is 336 g/mol. The minimum Gasteiger partial charge on any atom is -0.444 e. The first-order chi connectivity index (χ1) is 12.2. The summed E-state index contributed by atoms with van der Waals surface area (Å²) in [5.74, 6) is 0. The van der Waals surface area contributed by atoms with Gasteiger partial charge in [-0.05, 0) is 47.5 Å². The number of anilines is 1. The van der Waals surface area contributed by atoms with Crippen LogP contribution < -0.4 is 21.5 Å². The average molecular weight is 366 g/mol. The van der Waals surface area contributed by atoms with E-state index >= 15 is 0 Å². The summed E-state index contributed by atoms with van der Waals surface area (Å²) in [5, 5.41) is 2.88. The molecule has 8 nitrogen and oxygen atoms in total. The van der Waals surface area contributed by atoms with Crippen molar-refractivity contribution in [3.63, 3.8) is 0 Å². The third-order valence-electron chi connectivity index (χ3n) is 4.36. The molecule has 2 rings (SSSR count). The lowest BCUT2D eigenvalue weighted by atomic mass is 10.1. The largest absolute Gasteiger partial charge is 0.444 e. The molecule has 0 saturated carbocycles. The number of alkyl carbamates (subject to hydrolysis) is 1. The third kappa shape index (κ3) is 4.68. The van der Waals surface area contributed by atoms with Gasteiger partial charge in [0.25, 0.3) is 5.56 Å². The van der Waals surface area contributed by atoms with E-state index in [9.17, 15) is 14.4 Å². The van der Waals surface area contributed by atoms with Crippen molar-refractivity contribution in [1.82, 2.24) is 14.5 Å². The van der Waals surface area contributed by atoms with Crippen molar-refractivity contribution in [2.24, 2.45) is 0 Å². The summed E-state index contributed by atoms with van der Waals surface area (Å²) < 4.78 is 8.11. The van der Waals surface area contributed by atoms with Crippen LogP contribution in [-0.2, 0) is 17.8 Å². The molecule has 0 bridgehead atoms. The Kier molecular flexibility index (Phi) is 6.15. The van der Waals surface area contributed by atoms with Crippen LogP contribution in [0.2, 0.25) is 0 Å². The molecule has 1 amide bonds. The number of carbonyl (C=O) groups is 1. The van der Waals surface area contributed by atoms with Crippen molar-refractivity contribution in [2.75, 3.05) is 18.0 Å². The fraction of sp³-hybridized carbons (Fsp3) is 0.722. The van der Waals surface area contributed by atoms with E-state index in [4.69, 9.17) is 4.74 Å². The van der Waals surface area contributed by atoms with Gasteiger partial charge in [-0.15, -0.1) is 0 Å². The van der Waals surface area contributed by atoms with Gasteiger partial charge in [0, 0.05) is 38.4 Å². The lowest BCUT2D eigenvalue weighted by Gasteiger charge is -2.34. The highest BCUT2D eigenvalue weighted by molar-refractivity contribution is 5.68. The maximum atomic E-state index is 12.7. The number of aromatic nitrogens is 2. The van der Waals surface area contributed by atoms with E-state index in [1.165, 1.54) is 4.57 Å². The highest BCUT2D eigenvalue weighted by Crippen LogP contribution is 2.17. The molecule has 1 unspecified atom stereocenters. The molecule has 1 aliphatic heterocycles. The van der Waals surface area contributed by atoms with Crippen LogP contribution in [0.25, 0.3) is 0 Å². The fourth-order valence-corrected chi connectivity index (χ4v) is 3.15. The second-order valence-electron chi connectivity index (χ2n) is 7.56. The van der Waals surface area contributed by atoms with Gasteiger partial charge in [-0.2, -0.15) is 0 Å². The number of nitrogens with one attached hydrogen (secondary N) is 1. The number of amides is 1. The first-order valence-electron chi connectivity index (χ1n) is 9.25. The Labute approximate surface area is 153 Å². The summed E-state index contributed by atoms with van der Waals surface area (Å²) in [5.41, 5.74) is -0.613. The molecule has 26 heavy (non-hydrogen) atoms. The second-order valence-corrected chi connectivity index (χ2v) is 7.56. The molecule has 2 heterocycles. The number of aryl methyl sites for hydroxylation is 1. The number of hydrogen-bond acceptors (Lipinski definition) is 5. The van der Waals surface area contributed by atoms with Crippen molar-refractivity contribution >= 4 is 11.8 Å². The quantitative estimate of drug-likeness (QED) is 0.874. The summed E-state index contributed by atoms with van der Waals surface area (Å²) in [7, 11) is 0. The number of rotatable bonds is 4. The molecule has 146 valence electrons. The lowest BCUT2D eigenvalue weighted by Crippen LogP contribution is -2.51. The standard InChI is InChI=1S/C18H30N4O4/c1-6-20-12-14(15(23)22(7-2)17(20)25)21-10-8-9-13(11-21)19-16(24)26-18(3,4)5/h12-13H,6-11H2,1-5H3,(H,19,24). The van der Waals surface area contributed by atoms with E-state index < -0.39 is 11.7 Å². The molecule has 0 aromatic carbocycles. The smallest absolute Gasteiger partial charge is 0.407 e. The predicted octanol–water partition coefficient (Wildman–Crippen LogP) is 1.54. The highest BCUT2D eigenvalue weighted by Gasteiger charge is 2.26. The Bertz CT molecular complexity index is 760. The van der Waals surface area contributed by atoms with Gasteiger partial charge >= 0.3 is 11.8 Å². The summed E-state index contributed by atoms with van der Waals surface area (Å²) in [6.45, 7) is 11.2. The summed E-state index contributed by atoms with van der Waals surface area (Å²) in [6.07, 6.45) is 2.85. The monoisotopic (exact) mass is 366 g/mol. The minimum absolute atomic E-state index is 0.102. The van der Waals surface area contributed by atoms with Crippen LogP contribution in [0, 0.1) is 0 Å². The van der Waals surface area contributed by atoms with Crippen LogP contribution in [-0.4, -0.2) is 40.0 Å². The Morgan fingerprint density at radius 3 is 2.54 bits per heavy atom. The van der Waals surface area contributed by atoms with Crippen LogP contribution in [0.5, 0.6) is 0 Å². The van der Waals surface area contributed by atoms with Gasteiger partial charge in [0.1, 0.15) is 11.3 Å². The zero-order valence-corrected chi connectivity index (χ0v) is 16.4. The summed E-state index contributed by atoms with van der Waals surface area (Å²) in [4.78, 5) is 38.9. The van der Waals surface area contributed by atoms with Gasteiger partial charge in [-0.3, -0.25) is 13.9 Å². The van der Waals surface area contributed by atoms with E-state index in [1.807, 2.05) is 32.6 Å². The van der Waals surface area contributed by atoms with Crippen molar-refractivity contribution in [2.45, 2.75) is 72.2 Å². The third-order valence-corrected chi connectivity index (χ3v) is 4.36. The molecule has 0 spiro atoms. The van der Waals surface area contributed by atoms with Crippen molar-refractivity contribution < 1.29 is 9.53 Å². The normalized spacial score (nSPS) is 17.9. The molecule has 1 saturated heterocycles. The van der Waals surface area contributed by atoms with E-state index in [-0.39, 0.29) is 17.3 Å². The Balaban J connectivity index is 2.21. The Morgan fingerprint density at radius 1 is 1.27 bits per heavy atom. The van der Waals surface area contributed by atoms with Gasteiger partial charge in [0.2, 0.25) is 0 Å². The predicted molar refractivity (Wildman–Crippen MR) is 101 cm³/mol. The summed E-state index contributed by atoms with van der Waals surface area (Å²) in [6, 6.07) is -0.102. The molecule has 1 aromatic rings. The molecule has 0 radical (unpaired) electrons. The van der Waals surface area contributed by atoms with Crippen molar-refractivity contribution in [3.8, 4) is 0 Å². The van der Waals surface area contributed by atoms with E-state index in [0.717, 1.165) is 12.8 Å². The fourth-order valence-electron chi connectivity index (χ4n) is 3.15. The van der Waals surface area contributed by atoms with E-state index in [2.05, 4.69) is 5.32 Å². The Morgan fingerprint density at radius 2 is 1.96 bits per heavy atom. The van der Waals surface area contributed by atoms with Crippen LogP contribution in [0.15, 0.2) is 15.8 Å². The van der Waals surface area contributed by atoms with Crippen LogP contribution >= 0.6 is 0 Å². The summed E-state index contributed by atoms with van der Waals surface area (Å²) >= 11 is 0.